The second kappa shape index (κ2) is 6.41. The standard InChI is InChI=1S/C15H14BrFN2OS/c1-19(9-4-3-5-10(8-9)20-2)12-7-6-11(15(18)21)13(16)14(12)17/h3-8H,1-2H3,(H2,18,21). The van der Waals surface area contributed by atoms with E-state index >= 15 is 0 Å². The van der Waals surface area contributed by atoms with Gasteiger partial charge in [-0.25, -0.2) is 4.39 Å². The van der Waals surface area contributed by atoms with Crippen molar-refractivity contribution in [2.75, 3.05) is 19.1 Å². The second-order valence-corrected chi connectivity index (χ2v) is 5.62. The van der Waals surface area contributed by atoms with Crippen LogP contribution in [-0.2, 0) is 0 Å². The molecule has 0 amide bonds. The fourth-order valence-electron chi connectivity index (χ4n) is 1.95. The lowest BCUT2D eigenvalue weighted by atomic mass is 10.1. The highest BCUT2D eigenvalue weighted by Gasteiger charge is 2.16. The number of halogens is 2. The van der Waals surface area contributed by atoms with Crippen molar-refractivity contribution >= 4 is 44.5 Å². The van der Waals surface area contributed by atoms with Gasteiger partial charge in [0.1, 0.15) is 10.7 Å². The largest absolute Gasteiger partial charge is 0.497 e. The Morgan fingerprint density at radius 3 is 2.67 bits per heavy atom. The van der Waals surface area contributed by atoms with Gasteiger partial charge in [-0.05, 0) is 40.2 Å². The number of hydrogen-bond donors (Lipinski definition) is 1. The van der Waals surface area contributed by atoms with Crippen LogP contribution in [0.5, 0.6) is 5.75 Å². The fourth-order valence-corrected chi connectivity index (χ4v) is 2.80. The quantitative estimate of drug-likeness (QED) is 0.827. The average Bonchev–Trinajstić information content (AvgIpc) is 2.49. The molecule has 6 heteroatoms. The van der Waals surface area contributed by atoms with E-state index in [4.69, 9.17) is 22.7 Å². The van der Waals surface area contributed by atoms with E-state index in [0.29, 0.717) is 17.0 Å². The first-order valence-corrected chi connectivity index (χ1v) is 7.31. The number of nitrogens with zero attached hydrogens (tertiary/aromatic N) is 1. The van der Waals surface area contributed by atoms with Crippen molar-refractivity contribution in [1.29, 1.82) is 0 Å². The van der Waals surface area contributed by atoms with E-state index in [1.54, 1.807) is 31.2 Å². The first-order chi connectivity index (χ1) is 9.95. The third kappa shape index (κ3) is 3.16. The Balaban J connectivity index is 2.46. The number of nitrogens with two attached hydrogens (primary N) is 1. The molecule has 0 fully saturated rings. The van der Waals surface area contributed by atoms with E-state index in [9.17, 15) is 4.39 Å². The molecule has 0 saturated carbocycles. The van der Waals surface area contributed by atoms with Gasteiger partial charge in [0.05, 0.1) is 17.3 Å². The summed E-state index contributed by atoms with van der Waals surface area (Å²) in [5.41, 5.74) is 7.26. The van der Waals surface area contributed by atoms with Gasteiger partial charge in [0, 0.05) is 24.4 Å². The van der Waals surface area contributed by atoms with Crippen LogP contribution in [0, 0.1) is 5.82 Å². The molecule has 21 heavy (non-hydrogen) atoms. The molecule has 0 spiro atoms. The lowest BCUT2D eigenvalue weighted by Crippen LogP contribution is -2.15. The topological polar surface area (TPSA) is 38.5 Å². The van der Waals surface area contributed by atoms with Gasteiger partial charge in [0.25, 0.3) is 0 Å². The van der Waals surface area contributed by atoms with Gasteiger partial charge in [-0.3, -0.25) is 0 Å². The van der Waals surface area contributed by atoms with E-state index in [1.165, 1.54) is 0 Å². The van der Waals surface area contributed by atoms with Crippen LogP contribution >= 0.6 is 28.1 Å². The molecular weight excluding hydrogens is 355 g/mol. The fraction of sp³-hybridized carbons (Fsp3) is 0.133. The summed E-state index contributed by atoms with van der Waals surface area (Å²) in [6.07, 6.45) is 0. The Morgan fingerprint density at radius 1 is 1.33 bits per heavy atom. The Labute approximate surface area is 136 Å². The molecule has 0 saturated heterocycles. The highest BCUT2D eigenvalue weighted by atomic mass is 79.9. The molecule has 2 aromatic carbocycles. The highest BCUT2D eigenvalue weighted by molar-refractivity contribution is 9.10. The lowest BCUT2D eigenvalue weighted by Gasteiger charge is -2.22. The first-order valence-electron chi connectivity index (χ1n) is 6.11. The molecule has 0 unspecified atom stereocenters. The molecule has 2 rings (SSSR count). The van der Waals surface area contributed by atoms with Crippen LogP contribution in [0.1, 0.15) is 5.56 Å². The summed E-state index contributed by atoms with van der Waals surface area (Å²) in [6.45, 7) is 0. The van der Waals surface area contributed by atoms with Crippen LogP contribution in [0.4, 0.5) is 15.8 Å². The summed E-state index contributed by atoms with van der Waals surface area (Å²) in [4.78, 5) is 1.88. The van der Waals surface area contributed by atoms with Crippen molar-refractivity contribution in [2.24, 2.45) is 5.73 Å². The van der Waals surface area contributed by atoms with Gasteiger partial charge in [0.2, 0.25) is 0 Å². The molecule has 0 heterocycles. The van der Waals surface area contributed by atoms with Crippen molar-refractivity contribution < 1.29 is 9.13 Å². The van der Waals surface area contributed by atoms with Crippen LogP contribution in [0.15, 0.2) is 40.9 Å². The molecule has 3 nitrogen and oxygen atoms in total. The smallest absolute Gasteiger partial charge is 0.161 e. The highest BCUT2D eigenvalue weighted by Crippen LogP contribution is 2.33. The first kappa shape index (κ1) is 15.7. The van der Waals surface area contributed by atoms with Crippen LogP contribution in [-0.4, -0.2) is 19.1 Å². The Morgan fingerprint density at radius 2 is 2.05 bits per heavy atom. The van der Waals surface area contributed by atoms with Crippen LogP contribution in [0.3, 0.4) is 0 Å². The van der Waals surface area contributed by atoms with Gasteiger partial charge < -0.3 is 15.4 Å². The Kier molecular flexibility index (Phi) is 4.80. The van der Waals surface area contributed by atoms with Gasteiger partial charge in [-0.2, -0.15) is 0 Å². The Bertz CT molecular complexity index is 693. The number of benzene rings is 2. The summed E-state index contributed by atoms with van der Waals surface area (Å²) >= 11 is 8.10. The van der Waals surface area contributed by atoms with Crippen molar-refractivity contribution in [1.82, 2.24) is 0 Å². The maximum absolute atomic E-state index is 14.5. The minimum atomic E-state index is -0.411. The molecule has 0 aliphatic rings. The molecular formula is C15H14BrFN2OS. The molecule has 0 atom stereocenters. The van der Waals surface area contributed by atoms with E-state index in [0.717, 1.165) is 5.69 Å². The number of anilines is 2. The molecule has 0 aliphatic heterocycles. The summed E-state index contributed by atoms with van der Waals surface area (Å²) in [6, 6.07) is 10.7. The maximum atomic E-state index is 14.5. The lowest BCUT2D eigenvalue weighted by molar-refractivity contribution is 0.415. The number of hydrogen-bond acceptors (Lipinski definition) is 3. The minimum absolute atomic E-state index is 0.149. The zero-order chi connectivity index (χ0) is 15.6. The van der Waals surface area contributed by atoms with Crippen molar-refractivity contribution in [3.05, 3.63) is 52.3 Å². The molecule has 0 aromatic heterocycles. The van der Waals surface area contributed by atoms with Crippen LogP contribution in [0.25, 0.3) is 0 Å². The number of ether oxygens (including phenoxy) is 1. The third-order valence-electron chi connectivity index (χ3n) is 3.13. The maximum Gasteiger partial charge on any atom is 0.161 e. The van der Waals surface area contributed by atoms with Crippen LogP contribution in [0.2, 0.25) is 0 Å². The van der Waals surface area contributed by atoms with E-state index < -0.39 is 5.82 Å². The molecule has 0 radical (unpaired) electrons. The predicted molar refractivity (Wildman–Crippen MR) is 91.0 cm³/mol. The summed E-state index contributed by atoms with van der Waals surface area (Å²) in [7, 11) is 3.37. The molecule has 2 aromatic rings. The van der Waals surface area contributed by atoms with Gasteiger partial charge in [0.15, 0.2) is 5.82 Å². The summed E-state index contributed by atoms with van der Waals surface area (Å²) in [5, 5.41) is 0. The number of methoxy groups -OCH3 is 1. The van der Waals surface area contributed by atoms with Crippen molar-refractivity contribution in [2.45, 2.75) is 0 Å². The summed E-state index contributed by atoms with van der Waals surface area (Å²) in [5.74, 6) is 0.296. The molecule has 0 bridgehead atoms. The predicted octanol–water partition coefficient (Wildman–Crippen LogP) is 4.00. The van der Waals surface area contributed by atoms with Gasteiger partial charge in [-0.15, -0.1) is 0 Å². The monoisotopic (exact) mass is 368 g/mol. The molecule has 110 valence electrons. The molecule has 0 aliphatic carbocycles. The normalized spacial score (nSPS) is 10.3. The number of thiocarbonyl (C=S) groups is 1. The van der Waals surface area contributed by atoms with Crippen molar-refractivity contribution in [3.63, 3.8) is 0 Å². The van der Waals surface area contributed by atoms with E-state index in [1.807, 2.05) is 24.3 Å². The number of rotatable bonds is 4. The van der Waals surface area contributed by atoms with Crippen LogP contribution < -0.4 is 15.4 Å². The van der Waals surface area contributed by atoms with Crippen molar-refractivity contribution in [3.8, 4) is 5.75 Å². The van der Waals surface area contributed by atoms with Gasteiger partial charge >= 0.3 is 0 Å². The average molecular weight is 369 g/mol. The van der Waals surface area contributed by atoms with E-state index in [2.05, 4.69) is 15.9 Å². The SMILES string of the molecule is COc1cccc(N(C)c2ccc(C(N)=S)c(Br)c2F)c1. The minimum Gasteiger partial charge on any atom is -0.497 e. The Hall–Kier alpha value is -1.66. The zero-order valence-corrected chi connectivity index (χ0v) is 14.0. The summed E-state index contributed by atoms with van der Waals surface area (Å²) < 4.78 is 20.0. The molecule has 2 N–H and O–H groups in total. The zero-order valence-electron chi connectivity index (χ0n) is 11.6. The van der Waals surface area contributed by atoms with Gasteiger partial charge in [-0.1, -0.05) is 18.3 Å². The van der Waals surface area contributed by atoms with E-state index in [-0.39, 0.29) is 9.46 Å². The second-order valence-electron chi connectivity index (χ2n) is 4.38. The third-order valence-corrected chi connectivity index (χ3v) is 4.12.